The molecule has 1 aromatic heterocycles. The van der Waals surface area contributed by atoms with E-state index in [2.05, 4.69) is 15.5 Å². The van der Waals surface area contributed by atoms with Crippen LogP contribution in [0.25, 0.3) is 5.69 Å². The third kappa shape index (κ3) is 3.46. The normalized spacial score (nSPS) is 9.80. The van der Waals surface area contributed by atoms with E-state index in [1.54, 1.807) is 0 Å². The van der Waals surface area contributed by atoms with Gasteiger partial charge in [0.2, 0.25) is 5.95 Å². The molecule has 0 radical (unpaired) electrons. The molecule has 0 aliphatic heterocycles. The van der Waals surface area contributed by atoms with Gasteiger partial charge in [-0.05, 0) is 24.3 Å². The molecule has 0 unspecified atom stereocenters. The maximum Gasteiger partial charge on any atom is 1.00 e. The van der Waals surface area contributed by atoms with Crippen LogP contribution in [0.5, 0.6) is 0 Å². The number of para-hydroxylation sites is 2. The summed E-state index contributed by atoms with van der Waals surface area (Å²) in [6, 6.07) is 19.6. The predicted octanol–water partition coefficient (Wildman–Crippen LogP) is -0.0793. The molecule has 4 nitrogen and oxygen atoms in total. The van der Waals surface area contributed by atoms with E-state index in [9.17, 15) is 0 Å². The first-order valence-electron chi connectivity index (χ1n) is 5.84. The summed E-state index contributed by atoms with van der Waals surface area (Å²) in [6.07, 6.45) is 0. The Kier molecular flexibility index (Phi) is 5.70. The van der Waals surface area contributed by atoms with Crippen molar-refractivity contribution in [2.24, 2.45) is 0 Å². The number of rotatable bonds is 3. The minimum absolute atomic E-state index is 0. The van der Waals surface area contributed by atoms with Crippen LogP contribution >= 0.6 is 0 Å². The largest absolute Gasteiger partial charge is 1.00 e. The van der Waals surface area contributed by atoms with E-state index in [-0.39, 0.29) is 51.4 Å². The van der Waals surface area contributed by atoms with Crippen LogP contribution in [-0.4, -0.2) is 14.8 Å². The van der Waals surface area contributed by atoms with Gasteiger partial charge >= 0.3 is 51.4 Å². The van der Waals surface area contributed by atoms with Gasteiger partial charge in [0.15, 0.2) is 0 Å². The number of hydrogen-bond acceptors (Lipinski definition) is 4. The number of benzene rings is 2. The number of anilines is 2. The summed E-state index contributed by atoms with van der Waals surface area (Å²) in [5, 5.41) is 11.7. The average molecular weight is 306 g/mol. The maximum absolute atomic E-state index is 5.22. The van der Waals surface area contributed by atoms with Gasteiger partial charge in [0.25, 0.3) is 0 Å². The van der Waals surface area contributed by atoms with Gasteiger partial charge in [0.05, 0.1) is 0 Å². The Morgan fingerprint density at radius 2 is 1.45 bits per heavy atom. The third-order valence-corrected chi connectivity index (χ3v) is 2.94. The Bertz CT molecular complexity index is 670. The van der Waals surface area contributed by atoms with Crippen molar-refractivity contribution in [2.75, 3.05) is 5.32 Å². The zero-order chi connectivity index (χ0) is 13.1. The summed E-state index contributed by atoms with van der Waals surface area (Å²) < 4.78 is 1.81. The monoisotopic (exact) mass is 306 g/mol. The first kappa shape index (κ1) is 15.6. The summed E-state index contributed by atoms with van der Waals surface area (Å²) in [5.74, 6) is 0.613. The molecule has 3 aromatic rings. The van der Waals surface area contributed by atoms with E-state index in [4.69, 9.17) is 12.6 Å². The topological polar surface area (TPSA) is 42.7 Å². The number of nitrogens with one attached hydrogen (secondary N) is 1. The Hall–Kier alpha value is -0.764. The quantitative estimate of drug-likeness (QED) is 0.543. The van der Waals surface area contributed by atoms with E-state index < -0.39 is 0 Å². The van der Waals surface area contributed by atoms with Crippen molar-refractivity contribution < 1.29 is 51.4 Å². The van der Waals surface area contributed by atoms with Gasteiger partial charge in [-0.3, -0.25) is 4.57 Å². The summed E-state index contributed by atoms with van der Waals surface area (Å²) in [7, 11) is 0. The van der Waals surface area contributed by atoms with Crippen molar-refractivity contribution in [2.45, 2.75) is 5.16 Å². The van der Waals surface area contributed by atoms with Crippen LogP contribution in [0, 0.1) is 0 Å². The molecule has 94 valence electrons. The molecule has 0 fully saturated rings. The molecular weight excluding hydrogens is 295 g/mol. The molecule has 3 rings (SSSR count). The zero-order valence-corrected chi connectivity index (χ0v) is 15.0. The molecule has 0 spiro atoms. The van der Waals surface area contributed by atoms with Crippen molar-refractivity contribution in [3.05, 3.63) is 60.7 Å². The minimum Gasteiger partial charge on any atom is -0.740 e. The summed E-state index contributed by atoms with van der Waals surface area (Å²) in [6.45, 7) is 0. The molecule has 0 saturated heterocycles. The molecule has 0 bridgehead atoms. The molecule has 20 heavy (non-hydrogen) atoms. The van der Waals surface area contributed by atoms with Crippen molar-refractivity contribution in [3.8, 4) is 5.69 Å². The Morgan fingerprint density at radius 3 is 2.10 bits per heavy atom. The molecule has 0 amide bonds. The number of nitrogens with zero attached hydrogens (tertiary/aromatic N) is 3. The molecule has 0 aliphatic rings. The molecule has 0 aliphatic carbocycles. The van der Waals surface area contributed by atoms with Crippen molar-refractivity contribution in [1.82, 2.24) is 14.8 Å². The van der Waals surface area contributed by atoms with Crippen molar-refractivity contribution in [3.63, 3.8) is 0 Å². The van der Waals surface area contributed by atoms with E-state index in [0.717, 1.165) is 11.4 Å². The SMILES string of the molecule is [K+].[S-]c1nnc(Nc2ccccc2)n1-c1ccccc1. The number of aromatic nitrogens is 3. The molecular formula is C14H11KN4S. The Labute approximate surface area is 165 Å². The van der Waals surface area contributed by atoms with Crippen LogP contribution in [0.2, 0.25) is 0 Å². The molecule has 1 heterocycles. The summed E-state index contributed by atoms with van der Waals surface area (Å²) >= 11 is 5.22. The van der Waals surface area contributed by atoms with Crippen molar-refractivity contribution in [1.29, 1.82) is 0 Å². The predicted molar refractivity (Wildman–Crippen MR) is 76.7 cm³/mol. The number of hydrogen-bond donors (Lipinski definition) is 1. The zero-order valence-electron chi connectivity index (χ0n) is 11.0. The molecule has 0 saturated carbocycles. The van der Waals surface area contributed by atoms with Gasteiger partial charge in [-0.1, -0.05) is 36.4 Å². The molecule has 2 aromatic carbocycles. The molecule has 6 heteroatoms. The fourth-order valence-corrected chi connectivity index (χ4v) is 2.04. The summed E-state index contributed by atoms with van der Waals surface area (Å²) in [4.78, 5) is 0. The van der Waals surface area contributed by atoms with E-state index in [0.29, 0.717) is 11.1 Å². The first-order chi connectivity index (χ1) is 9.34. The second-order valence-corrected chi connectivity index (χ2v) is 4.33. The third-order valence-electron chi connectivity index (χ3n) is 2.68. The van der Waals surface area contributed by atoms with E-state index >= 15 is 0 Å². The maximum atomic E-state index is 5.22. The van der Waals surface area contributed by atoms with Crippen molar-refractivity contribution >= 4 is 24.3 Å². The smallest absolute Gasteiger partial charge is 0.740 e. The van der Waals surface area contributed by atoms with E-state index in [1.807, 2.05) is 65.2 Å². The molecule has 1 N–H and O–H groups in total. The van der Waals surface area contributed by atoms with Gasteiger partial charge in [-0.15, -0.1) is 5.10 Å². The summed E-state index contributed by atoms with van der Waals surface area (Å²) in [5.41, 5.74) is 1.89. The Balaban J connectivity index is 0.00000147. The van der Waals surface area contributed by atoms with Crippen LogP contribution in [0.4, 0.5) is 11.6 Å². The first-order valence-corrected chi connectivity index (χ1v) is 6.25. The van der Waals surface area contributed by atoms with Gasteiger partial charge in [-0.2, -0.15) is 5.10 Å². The second kappa shape index (κ2) is 7.30. The van der Waals surface area contributed by atoms with Crippen LogP contribution in [0.3, 0.4) is 0 Å². The fourth-order valence-electron chi connectivity index (χ4n) is 1.81. The minimum atomic E-state index is 0. The molecule has 0 atom stereocenters. The Morgan fingerprint density at radius 1 is 0.850 bits per heavy atom. The van der Waals surface area contributed by atoms with Crippen LogP contribution in [0.1, 0.15) is 0 Å². The van der Waals surface area contributed by atoms with Gasteiger partial charge in [0, 0.05) is 16.5 Å². The average Bonchev–Trinajstić information content (AvgIpc) is 2.82. The fraction of sp³-hybridized carbons (Fsp3) is 0. The standard InChI is InChI=1S/C14H12N4S.K/c19-14-17-16-13(15-11-7-3-1-4-8-11)18(14)12-9-5-2-6-10-12;/h1-10H,(H,15,16)(H,17,19);/q;+1/p-1. The second-order valence-electron chi connectivity index (χ2n) is 3.97. The van der Waals surface area contributed by atoms with E-state index in [1.165, 1.54) is 0 Å². The van der Waals surface area contributed by atoms with Crippen LogP contribution in [0.15, 0.2) is 65.8 Å². The van der Waals surface area contributed by atoms with Crippen LogP contribution < -0.4 is 56.7 Å². The van der Waals surface area contributed by atoms with Gasteiger partial charge in [-0.25, -0.2) is 0 Å². The van der Waals surface area contributed by atoms with Crippen LogP contribution in [-0.2, 0) is 12.6 Å². The van der Waals surface area contributed by atoms with Gasteiger partial charge < -0.3 is 17.9 Å². The van der Waals surface area contributed by atoms with Gasteiger partial charge in [0.1, 0.15) is 0 Å².